The number of carbonyl (C=O) groups excluding carboxylic acids is 2. The Bertz CT molecular complexity index is 822. The van der Waals surface area contributed by atoms with Gasteiger partial charge in [-0.3, -0.25) is 0 Å². The van der Waals surface area contributed by atoms with E-state index in [1.54, 1.807) is 47.6 Å². The van der Waals surface area contributed by atoms with E-state index in [-0.39, 0.29) is 6.54 Å². The molecular weight excluding hydrogens is 382 g/mol. The molecule has 0 fully saturated rings. The molecule has 162 valence electrons. The lowest BCUT2D eigenvalue weighted by molar-refractivity contribution is -0.000362. The van der Waals surface area contributed by atoms with Crippen LogP contribution in [0.3, 0.4) is 0 Å². The maximum atomic E-state index is 12.7. The topological polar surface area (TPSA) is 65.1 Å². The van der Waals surface area contributed by atoms with Crippen molar-refractivity contribution in [2.75, 3.05) is 0 Å². The van der Waals surface area contributed by atoms with Crippen LogP contribution in [0.4, 0.5) is 9.59 Å². The van der Waals surface area contributed by atoms with Gasteiger partial charge in [-0.2, -0.15) is 0 Å². The highest BCUT2D eigenvalue weighted by Gasteiger charge is 2.31. The Hall–Kier alpha value is -3.02. The molecule has 0 heterocycles. The zero-order valence-electron chi connectivity index (χ0n) is 18.6. The molecule has 0 saturated carbocycles. The summed E-state index contributed by atoms with van der Waals surface area (Å²) in [5.74, 6) is 0.582. The van der Waals surface area contributed by atoms with E-state index >= 15 is 0 Å². The first-order valence-corrected chi connectivity index (χ1v) is 9.93. The van der Waals surface area contributed by atoms with Gasteiger partial charge in [0.05, 0.1) is 6.54 Å². The molecule has 0 atom stereocenters. The van der Waals surface area contributed by atoms with Crippen molar-refractivity contribution in [2.45, 2.75) is 65.9 Å². The van der Waals surface area contributed by atoms with Crippen molar-refractivity contribution in [3.8, 4) is 5.75 Å². The largest absolute Gasteiger partial charge is 0.489 e. The van der Waals surface area contributed by atoms with Crippen LogP contribution in [-0.4, -0.2) is 28.3 Å². The van der Waals surface area contributed by atoms with E-state index in [2.05, 4.69) is 0 Å². The number of para-hydroxylation sites is 1. The quantitative estimate of drug-likeness (QED) is 0.607. The van der Waals surface area contributed by atoms with Gasteiger partial charge in [0.1, 0.15) is 23.6 Å². The van der Waals surface area contributed by atoms with Gasteiger partial charge in [0.2, 0.25) is 0 Å². The summed E-state index contributed by atoms with van der Waals surface area (Å²) in [5, 5.41) is 0. The molecule has 0 aliphatic carbocycles. The second kappa shape index (κ2) is 9.65. The molecule has 2 amide bonds. The SMILES string of the molecule is CC(C)(C)OC(=O)N(Cc1ccccc1OCc1ccccc1)C(=O)OC(C)(C)C. The number of ether oxygens (including phenoxy) is 3. The summed E-state index contributed by atoms with van der Waals surface area (Å²) in [7, 11) is 0. The highest BCUT2D eigenvalue weighted by molar-refractivity contribution is 5.88. The standard InChI is InChI=1S/C24H31NO5/c1-23(2,3)29-21(26)25(22(27)30-24(4,5)6)16-19-14-10-11-15-20(19)28-17-18-12-8-7-9-13-18/h7-15H,16-17H2,1-6H3. The minimum atomic E-state index is -0.769. The maximum absolute atomic E-state index is 12.7. The smallest absolute Gasteiger partial charge is 0.420 e. The Morgan fingerprint density at radius 2 is 1.27 bits per heavy atom. The Balaban J connectivity index is 2.23. The minimum absolute atomic E-state index is 0.0329. The normalized spacial score (nSPS) is 11.5. The highest BCUT2D eigenvalue weighted by Crippen LogP contribution is 2.24. The Morgan fingerprint density at radius 1 is 0.767 bits per heavy atom. The predicted octanol–water partition coefficient (Wildman–Crippen LogP) is 5.94. The fraction of sp³-hybridized carbons (Fsp3) is 0.417. The fourth-order valence-corrected chi connectivity index (χ4v) is 2.52. The summed E-state index contributed by atoms with van der Waals surface area (Å²) in [5.41, 5.74) is 0.190. The number of hydrogen-bond acceptors (Lipinski definition) is 5. The lowest BCUT2D eigenvalue weighted by Crippen LogP contribution is -2.43. The van der Waals surface area contributed by atoms with Crippen molar-refractivity contribution in [1.29, 1.82) is 0 Å². The van der Waals surface area contributed by atoms with Crippen LogP contribution in [0, 0.1) is 0 Å². The van der Waals surface area contributed by atoms with E-state index in [4.69, 9.17) is 14.2 Å². The molecule has 0 aliphatic heterocycles. The van der Waals surface area contributed by atoms with Crippen LogP contribution in [0.15, 0.2) is 54.6 Å². The van der Waals surface area contributed by atoms with Crippen molar-refractivity contribution in [3.05, 3.63) is 65.7 Å². The van der Waals surface area contributed by atoms with E-state index < -0.39 is 23.4 Å². The van der Waals surface area contributed by atoms with Crippen LogP contribution in [0.1, 0.15) is 52.7 Å². The zero-order chi connectivity index (χ0) is 22.4. The van der Waals surface area contributed by atoms with Crippen LogP contribution in [0.25, 0.3) is 0 Å². The van der Waals surface area contributed by atoms with Crippen LogP contribution >= 0.6 is 0 Å². The summed E-state index contributed by atoms with van der Waals surface area (Å²) in [4.78, 5) is 26.4. The van der Waals surface area contributed by atoms with Gasteiger partial charge in [-0.05, 0) is 53.2 Å². The third-order valence-electron chi connectivity index (χ3n) is 3.77. The molecule has 30 heavy (non-hydrogen) atoms. The van der Waals surface area contributed by atoms with Gasteiger partial charge in [0.15, 0.2) is 0 Å². The molecule has 2 rings (SSSR count). The van der Waals surface area contributed by atoms with Gasteiger partial charge in [0, 0.05) is 5.56 Å². The molecule has 2 aromatic carbocycles. The number of benzene rings is 2. The molecule has 6 nitrogen and oxygen atoms in total. The summed E-state index contributed by atoms with van der Waals surface area (Å²) >= 11 is 0. The Morgan fingerprint density at radius 3 is 1.80 bits per heavy atom. The lowest BCUT2D eigenvalue weighted by atomic mass is 10.2. The molecular formula is C24H31NO5. The second-order valence-electron chi connectivity index (χ2n) is 8.93. The minimum Gasteiger partial charge on any atom is -0.489 e. The van der Waals surface area contributed by atoms with E-state index in [0.29, 0.717) is 17.9 Å². The van der Waals surface area contributed by atoms with Gasteiger partial charge in [-0.1, -0.05) is 48.5 Å². The predicted molar refractivity (Wildman–Crippen MR) is 115 cm³/mol. The molecule has 2 aromatic rings. The number of nitrogens with zero attached hydrogens (tertiary/aromatic N) is 1. The number of hydrogen-bond donors (Lipinski definition) is 0. The summed E-state index contributed by atoms with van der Waals surface area (Å²) in [6.07, 6.45) is -1.54. The monoisotopic (exact) mass is 413 g/mol. The van der Waals surface area contributed by atoms with E-state index in [9.17, 15) is 9.59 Å². The number of rotatable bonds is 5. The second-order valence-corrected chi connectivity index (χ2v) is 8.93. The first kappa shape index (κ1) is 23.3. The van der Waals surface area contributed by atoms with Crippen LogP contribution < -0.4 is 4.74 Å². The van der Waals surface area contributed by atoms with Crippen molar-refractivity contribution < 1.29 is 23.8 Å². The molecule has 0 spiro atoms. The summed E-state index contributed by atoms with van der Waals surface area (Å²) < 4.78 is 16.8. The zero-order valence-corrected chi connectivity index (χ0v) is 18.6. The van der Waals surface area contributed by atoms with Gasteiger partial charge in [-0.15, -0.1) is 0 Å². The molecule has 0 bridgehead atoms. The number of imide groups is 1. The first-order chi connectivity index (χ1) is 13.9. The van der Waals surface area contributed by atoms with Crippen molar-refractivity contribution in [3.63, 3.8) is 0 Å². The maximum Gasteiger partial charge on any atom is 0.420 e. The average Bonchev–Trinajstić information content (AvgIpc) is 2.63. The van der Waals surface area contributed by atoms with Crippen LogP contribution in [0.2, 0.25) is 0 Å². The molecule has 0 saturated heterocycles. The van der Waals surface area contributed by atoms with Gasteiger partial charge >= 0.3 is 12.2 Å². The number of carbonyl (C=O) groups is 2. The van der Waals surface area contributed by atoms with Crippen LogP contribution in [0.5, 0.6) is 5.75 Å². The lowest BCUT2D eigenvalue weighted by Gasteiger charge is -2.29. The van der Waals surface area contributed by atoms with Crippen molar-refractivity contribution in [2.24, 2.45) is 0 Å². The molecule has 0 N–H and O–H groups in total. The van der Waals surface area contributed by atoms with Crippen molar-refractivity contribution in [1.82, 2.24) is 4.90 Å². The van der Waals surface area contributed by atoms with Gasteiger partial charge in [-0.25, -0.2) is 14.5 Å². The highest BCUT2D eigenvalue weighted by atomic mass is 16.6. The third-order valence-corrected chi connectivity index (χ3v) is 3.77. The Labute approximate surface area is 178 Å². The first-order valence-electron chi connectivity index (χ1n) is 9.93. The van der Waals surface area contributed by atoms with Gasteiger partial charge in [0.25, 0.3) is 0 Å². The molecule has 0 radical (unpaired) electrons. The van der Waals surface area contributed by atoms with Crippen molar-refractivity contribution >= 4 is 12.2 Å². The molecule has 6 heteroatoms. The van der Waals surface area contributed by atoms with E-state index in [0.717, 1.165) is 10.5 Å². The third kappa shape index (κ3) is 7.78. The fourth-order valence-electron chi connectivity index (χ4n) is 2.52. The Kier molecular flexibility index (Phi) is 7.48. The van der Waals surface area contributed by atoms with Crippen LogP contribution in [-0.2, 0) is 22.6 Å². The summed E-state index contributed by atoms with van der Waals surface area (Å²) in [6, 6.07) is 17.0. The molecule has 0 aromatic heterocycles. The molecule has 0 unspecified atom stereocenters. The van der Waals surface area contributed by atoms with E-state index in [1.165, 1.54) is 0 Å². The van der Waals surface area contributed by atoms with E-state index in [1.807, 2.05) is 48.5 Å². The van der Waals surface area contributed by atoms with Gasteiger partial charge < -0.3 is 14.2 Å². The number of amides is 2. The molecule has 0 aliphatic rings. The average molecular weight is 414 g/mol. The summed E-state index contributed by atoms with van der Waals surface area (Å²) in [6.45, 7) is 10.8.